The van der Waals surface area contributed by atoms with Gasteiger partial charge in [0.2, 0.25) is 0 Å². The Morgan fingerprint density at radius 2 is 1.96 bits per heavy atom. The molecule has 0 unspecified atom stereocenters. The Balaban J connectivity index is 2.69. The van der Waals surface area contributed by atoms with Gasteiger partial charge in [-0.2, -0.15) is 0 Å². The lowest BCUT2D eigenvalue weighted by Crippen LogP contribution is -2.10. The number of aryl methyl sites for hydroxylation is 2. The molecule has 0 saturated carbocycles. The first kappa shape index (κ1) is 17.7. The van der Waals surface area contributed by atoms with Crippen molar-refractivity contribution < 1.29 is 15.7 Å². The van der Waals surface area contributed by atoms with Crippen molar-refractivity contribution in [2.75, 3.05) is 5.32 Å². The van der Waals surface area contributed by atoms with E-state index in [1.165, 1.54) is 6.07 Å². The van der Waals surface area contributed by atoms with Gasteiger partial charge >= 0.3 is 5.97 Å². The van der Waals surface area contributed by atoms with Gasteiger partial charge in [-0.05, 0) is 66.6 Å². The number of anilines is 2. The molecule has 0 radical (unpaired) electrons. The number of hydrogen-bond donors (Lipinski definition) is 2. The van der Waals surface area contributed by atoms with Gasteiger partial charge in [0.1, 0.15) is 5.82 Å². The number of rotatable bonds is 5. The van der Waals surface area contributed by atoms with Crippen LogP contribution in [0.1, 0.15) is 48.9 Å². The van der Waals surface area contributed by atoms with E-state index >= 15 is 0 Å². The van der Waals surface area contributed by atoms with E-state index in [1.54, 1.807) is 39.8 Å². The van der Waals surface area contributed by atoms with Gasteiger partial charge in [-0.25, -0.2) is 4.39 Å². The molecule has 0 fully saturated rings. The van der Waals surface area contributed by atoms with Gasteiger partial charge < -0.3 is 10.4 Å². The van der Waals surface area contributed by atoms with Gasteiger partial charge in [0, 0.05) is 7.06 Å². The highest BCUT2D eigenvalue weighted by molar-refractivity contribution is 6.34. The summed E-state index contributed by atoms with van der Waals surface area (Å²) < 4.78 is 22.7. The minimum absolute atomic E-state index is 0.120. The van der Waals surface area contributed by atoms with Crippen LogP contribution in [0.15, 0.2) is 18.2 Å². The number of benzene rings is 2. The first-order valence-electron chi connectivity index (χ1n) is 8.50. The normalized spacial score (nSPS) is 12.0. The van der Waals surface area contributed by atoms with E-state index in [1.807, 2.05) is 6.92 Å². The van der Waals surface area contributed by atoms with Gasteiger partial charge in [0.05, 0.1) is 17.1 Å². The highest BCUT2D eigenvalue weighted by Gasteiger charge is 2.19. The van der Waals surface area contributed by atoms with Gasteiger partial charge in [0.25, 0.3) is 0 Å². The third-order valence-electron chi connectivity index (χ3n) is 4.28. The lowest BCUT2D eigenvalue weighted by Gasteiger charge is -2.22. The zero-order chi connectivity index (χ0) is 19.8. The van der Waals surface area contributed by atoms with Crippen molar-refractivity contribution in [2.24, 2.45) is 0 Å². The van der Waals surface area contributed by atoms with Crippen molar-refractivity contribution >= 4 is 28.9 Å². The summed E-state index contributed by atoms with van der Waals surface area (Å²) in [6, 6.07) is 4.67. The Labute approximate surface area is 154 Å². The molecular weight excluding hydrogens is 341 g/mol. The van der Waals surface area contributed by atoms with Gasteiger partial charge in [-0.15, -0.1) is 0 Å². The molecule has 5 heteroatoms. The van der Waals surface area contributed by atoms with Crippen molar-refractivity contribution in [3.05, 3.63) is 56.9 Å². The van der Waals surface area contributed by atoms with E-state index in [9.17, 15) is 14.3 Å². The Morgan fingerprint density at radius 3 is 2.52 bits per heavy atom. The van der Waals surface area contributed by atoms with Gasteiger partial charge in [-0.3, -0.25) is 4.79 Å². The zero-order valence-electron chi connectivity index (χ0n) is 16.1. The van der Waals surface area contributed by atoms with Crippen molar-refractivity contribution in [2.45, 2.75) is 46.9 Å². The minimum atomic E-state index is -0.996. The molecule has 0 atom stereocenters. The lowest BCUT2D eigenvalue weighted by atomic mass is 9.88. The fraction of sp³-hybridized carbons (Fsp3) is 0.350. The summed E-state index contributed by atoms with van der Waals surface area (Å²) in [6.07, 6.45) is -0.234. The standard InChI is InChI=1S/C20H23ClFNO2/c1-10(2)18-12(4)8-16(14(13(18)5)9-17(24)25)23-20-15(22)7-6-11(3)19(20)21/h6-8,10,23H,9H2,1-5H3,(H,24,25)/i10D. The van der Waals surface area contributed by atoms with Crippen LogP contribution >= 0.6 is 11.6 Å². The summed E-state index contributed by atoms with van der Waals surface area (Å²) in [4.78, 5) is 11.4. The Kier molecular flexibility index (Phi) is 5.28. The summed E-state index contributed by atoms with van der Waals surface area (Å²) in [5, 5.41) is 12.6. The van der Waals surface area contributed by atoms with E-state index < -0.39 is 17.7 Å². The number of halogens is 2. The van der Waals surface area contributed by atoms with Crippen LogP contribution in [0.3, 0.4) is 0 Å². The number of aliphatic carboxylic acids is 1. The molecule has 25 heavy (non-hydrogen) atoms. The van der Waals surface area contributed by atoms with E-state index in [4.69, 9.17) is 13.0 Å². The quantitative estimate of drug-likeness (QED) is 0.694. The highest BCUT2D eigenvalue weighted by Crippen LogP contribution is 2.36. The van der Waals surface area contributed by atoms with Crippen LogP contribution < -0.4 is 5.32 Å². The average molecular weight is 365 g/mol. The van der Waals surface area contributed by atoms with Crippen LogP contribution in [0.2, 0.25) is 5.02 Å². The highest BCUT2D eigenvalue weighted by atomic mass is 35.5. The molecular formula is C20H23ClFNO2. The molecule has 0 aromatic heterocycles. The Morgan fingerprint density at radius 1 is 1.32 bits per heavy atom. The van der Waals surface area contributed by atoms with Crippen LogP contribution in [-0.4, -0.2) is 11.1 Å². The predicted molar refractivity (Wildman–Crippen MR) is 101 cm³/mol. The molecule has 134 valence electrons. The maximum atomic E-state index is 14.3. The second kappa shape index (κ2) is 7.44. The van der Waals surface area contributed by atoms with Crippen LogP contribution in [0.25, 0.3) is 0 Å². The van der Waals surface area contributed by atoms with Crippen molar-refractivity contribution in [1.82, 2.24) is 0 Å². The summed E-state index contributed by atoms with van der Waals surface area (Å²) >= 11 is 6.24. The predicted octanol–water partition coefficient (Wildman–Crippen LogP) is 5.90. The van der Waals surface area contributed by atoms with E-state index in [0.29, 0.717) is 16.8 Å². The van der Waals surface area contributed by atoms with Crippen molar-refractivity contribution in [3.8, 4) is 0 Å². The molecule has 2 rings (SSSR count). The molecule has 0 aliphatic carbocycles. The number of carboxylic acid groups (broad SMARTS) is 1. The fourth-order valence-corrected chi connectivity index (χ4v) is 3.39. The lowest BCUT2D eigenvalue weighted by molar-refractivity contribution is -0.136. The number of hydrogen-bond acceptors (Lipinski definition) is 2. The average Bonchev–Trinajstić information content (AvgIpc) is 2.49. The Hall–Kier alpha value is -2.07. The third kappa shape index (κ3) is 3.96. The largest absolute Gasteiger partial charge is 0.481 e. The summed E-state index contributed by atoms with van der Waals surface area (Å²) in [5.74, 6) is -2.39. The molecule has 2 N–H and O–H groups in total. The summed E-state index contributed by atoms with van der Waals surface area (Å²) in [5.41, 5.74) is 4.18. The van der Waals surface area contributed by atoms with E-state index in [2.05, 4.69) is 5.32 Å². The third-order valence-corrected chi connectivity index (χ3v) is 4.77. The van der Waals surface area contributed by atoms with E-state index in [-0.39, 0.29) is 17.1 Å². The molecule has 0 aliphatic heterocycles. The molecule has 0 aliphatic rings. The Bertz CT molecular complexity index is 875. The monoisotopic (exact) mass is 364 g/mol. The molecule has 0 bridgehead atoms. The molecule has 2 aromatic carbocycles. The molecule has 0 heterocycles. The molecule has 0 saturated heterocycles. The van der Waals surface area contributed by atoms with Crippen LogP contribution in [0.5, 0.6) is 0 Å². The van der Waals surface area contributed by atoms with Crippen LogP contribution in [0.4, 0.5) is 15.8 Å². The van der Waals surface area contributed by atoms with Crippen LogP contribution in [-0.2, 0) is 11.2 Å². The number of nitrogens with one attached hydrogen (secondary N) is 1. The van der Waals surface area contributed by atoms with Crippen LogP contribution in [0, 0.1) is 26.6 Å². The second-order valence-electron chi connectivity index (χ2n) is 6.47. The topological polar surface area (TPSA) is 49.3 Å². The minimum Gasteiger partial charge on any atom is -0.481 e. The first-order valence-corrected chi connectivity index (χ1v) is 8.38. The van der Waals surface area contributed by atoms with Gasteiger partial charge in [0.15, 0.2) is 0 Å². The number of carbonyl (C=O) groups is 1. The molecule has 0 amide bonds. The molecule has 2 aromatic rings. The summed E-state index contributed by atoms with van der Waals surface area (Å²) in [6.45, 7) is 8.96. The fourth-order valence-electron chi connectivity index (χ4n) is 3.19. The first-order chi connectivity index (χ1) is 11.9. The zero-order valence-corrected chi connectivity index (χ0v) is 15.8. The van der Waals surface area contributed by atoms with Crippen molar-refractivity contribution in [1.29, 1.82) is 0 Å². The second-order valence-corrected chi connectivity index (χ2v) is 6.85. The molecule has 3 nitrogen and oxygen atoms in total. The number of carboxylic acids is 1. The maximum Gasteiger partial charge on any atom is 0.307 e. The SMILES string of the molecule is [2H]C(C)(C)c1c(C)cc(Nc2c(F)ccc(C)c2Cl)c(CC(=O)O)c1C. The van der Waals surface area contributed by atoms with E-state index in [0.717, 1.165) is 16.7 Å². The van der Waals surface area contributed by atoms with Crippen molar-refractivity contribution in [3.63, 3.8) is 0 Å². The maximum absolute atomic E-state index is 14.3. The smallest absolute Gasteiger partial charge is 0.307 e. The molecule has 0 spiro atoms. The van der Waals surface area contributed by atoms with Gasteiger partial charge in [-0.1, -0.05) is 31.5 Å². The summed E-state index contributed by atoms with van der Waals surface area (Å²) in [7, 11) is 0.